The Morgan fingerprint density at radius 1 is 0.303 bits per heavy atom. The van der Waals surface area contributed by atoms with Crippen LogP contribution in [0.25, 0.3) is 0 Å². The number of allylic oxidation sites excluding steroid dienone is 12. The fourth-order valence-electron chi connectivity index (χ4n) is 7.71. The van der Waals surface area contributed by atoms with E-state index < -0.39 is 6.10 Å². The lowest BCUT2D eigenvalue weighted by atomic mass is 10.1. The van der Waals surface area contributed by atoms with Crippen LogP contribution in [-0.4, -0.2) is 37.2 Å². The standard InChI is InChI=1S/C60H104O6/c1-4-7-10-13-16-19-22-24-26-28-30-32-33-35-38-41-44-47-50-53-59(62)65-56-57(55-64-58(61)52-49-46-43-40-37-21-18-15-12-9-6-3)66-60(63)54-51-48-45-42-39-36-34-31-29-27-25-23-20-17-14-11-8-5-2/h15,18,21,23,25,27-31,34,37,57H,4-14,16-17,19-20,22,24,26,32-33,35-36,38-56H2,1-3H3/b18-15-,25-23-,29-27-,30-28-,34-31-,37-21-. The largest absolute Gasteiger partial charge is 0.462 e. The normalized spacial score (nSPS) is 12.6. The third-order valence-corrected chi connectivity index (χ3v) is 12.0. The van der Waals surface area contributed by atoms with Crippen LogP contribution in [0.15, 0.2) is 72.9 Å². The van der Waals surface area contributed by atoms with Gasteiger partial charge in [-0.2, -0.15) is 0 Å². The van der Waals surface area contributed by atoms with Crippen molar-refractivity contribution in [2.24, 2.45) is 0 Å². The Labute approximate surface area is 408 Å². The summed E-state index contributed by atoms with van der Waals surface area (Å²) in [5.74, 6) is -0.943. The van der Waals surface area contributed by atoms with Crippen molar-refractivity contribution in [3.8, 4) is 0 Å². The van der Waals surface area contributed by atoms with Gasteiger partial charge in [0.15, 0.2) is 6.10 Å². The number of carbonyl (C=O) groups excluding carboxylic acids is 3. The highest BCUT2D eigenvalue weighted by Gasteiger charge is 2.19. The van der Waals surface area contributed by atoms with Gasteiger partial charge in [0.1, 0.15) is 13.2 Å². The molecule has 6 nitrogen and oxygen atoms in total. The number of carbonyl (C=O) groups is 3. The molecule has 0 aliphatic rings. The van der Waals surface area contributed by atoms with Crippen LogP contribution in [0.4, 0.5) is 0 Å². The Hall–Kier alpha value is -3.15. The fraction of sp³-hybridized carbons (Fsp3) is 0.750. The van der Waals surface area contributed by atoms with Gasteiger partial charge in [-0.15, -0.1) is 0 Å². The van der Waals surface area contributed by atoms with Crippen LogP contribution < -0.4 is 0 Å². The number of unbranched alkanes of at least 4 members (excludes halogenated alkanes) is 30. The monoisotopic (exact) mass is 921 g/mol. The van der Waals surface area contributed by atoms with E-state index in [4.69, 9.17) is 14.2 Å². The Morgan fingerprint density at radius 2 is 0.576 bits per heavy atom. The van der Waals surface area contributed by atoms with E-state index in [0.717, 1.165) is 96.3 Å². The number of rotatable bonds is 50. The van der Waals surface area contributed by atoms with E-state index in [1.807, 2.05) is 0 Å². The molecule has 6 heteroatoms. The number of hydrogen-bond acceptors (Lipinski definition) is 6. The zero-order chi connectivity index (χ0) is 47.9. The maximum Gasteiger partial charge on any atom is 0.306 e. The number of hydrogen-bond donors (Lipinski definition) is 0. The Balaban J connectivity index is 4.40. The minimum Gasteiger partial charge on any atom is -0.462 e. The van der Waals surface area contributed by atoms with Crippen molar-refractivity contribution in [3.05, 3.63) is 72.9 Å². The molecule has 66 heavy (non-hydrogen) atoms. The minimum absolute atomic E-state index is 0.0945. The summed E-state index contributed by atoms with van der Waals surface area (Å²) in [6.45, 7) is 6.54. The Bertz CT molecular complexity index is 1240. The van der Waals surface area contributed by atoms with Gasteiger partial charge in [-0.3, -0.25) is 14.4 Å². The van der Waals surface area contributed by atoms with E-state index in [1.165, 1.54) is 135 Å². The highest BCUT2D eigenvalue weighted by Crippen LogP contribution is 2.14. The van der Waals surface area contributed by atoms with Crippen LogP contribution in [0.3, 0.4) is 0 Å². The molecule has 1 unspecified atom stereocenters. The Morgan fingerprint density at radius 3 is 0.955 bits per heavy atom. The van der Waals surface area contributed by atoms with Crippen molar-refractivity contribution < 1.29 is 28.6 Å². The van der Waals surface area contributed by atoms with E-state index >= 15 is 0 Å². The molecule has 0 aromatic heterocycles. The molecular formula is C60H104O6. The number of ether oxygens (including phenoxy) is 3. The van der Waals surface area contributed by atoms with Gasteiger partial charge in [0.25, 0.3) is 0 Å². The van der Waals surface area contributed by atoms with Gasteiger partial charge in [0.2, 0.25) is 0 Å². The minimum atomic E-state index is -0.798. The average molecular weight is 921 g/mol. The third-order valence-electron chi connectivity index (χ3n) is 12.0. The Kier molecular flexibility index (Phi) is 51.9. The zero-order valence-corrected chi connectivity index (χ0v) is 43.4. The molecule has 0 fully saturated rings. The molecule has 0 spiro atoms. The van der Waals surface area contributed by atoms with Gasteiger partial charge in [-0.1, -0.05) is 235 Å². The molecule has 0 N–H and O–H groups in total. The fourth-order valence-corrected chi connectivity index (χ4v) is 7.71. The molecule has 1 atom stereocenters. The molecule has 0 heterocycles. The molecule has 0 saturated carbocycles. The molecule has 0 amide bonds. The summed E-state index contributed by atoms with van der Waals surface area (Å²) in [5, 5.41) is 0. The third kappa shape index (κ3) is 51.8. The first-order chi connectivity index (χ1) is 32.5. The lowest BCUT2D eigenvalue weighted by Crippen LogP contribution is -2.30. The van der Waals surface area contributed by atoms with Crippen LogP contribution in [0.5, 0.6) is 0 Å². The van der Waals surface area contributed by atoms with Crippen molar-refractivity contribution in [1.82, 2.24) is 0 Å². The first-order valence-corrected chi connectivity index (χ1v) is 28.0. The van der Waals surface area contributed by atoms with Crippen LogP contribution in [-0.2, 0) is 28.6 Å². The molecular weight excluding hydrogens is 817 g/mol. The van der Waals surface area contributed by atoms with E-state index in [2.05, 4.69) is 93.7 Å². The average Bonchev–Trinajstić information content (AvgIpc) is 3.31. The summed E-state index contributed by atoms with van der Waals surface area (Å²) in [6.07, 6.45) is 68.9. The SMILES string of the molecule is CCCC/C=C\C=C/CCCCCC(=O)OCC(COC(=O)CCCCCCCCC/C=C\CCCCCCCCCC)OC(=O)CCCCCCC\C=C/C=C\C=C/CCCCCCC. The van der Waals surface area contributed by atoms with Crippen LogP contribution in [0.2, 0.25) is 0 Å². The zero-order valence-electron chi connectivity index (χ0n) is 43.4. The molecule has 0 aromatic rings. The number of esters is 3. The first-order valence-electron chi connectivity index (χ1n) is 28.0. The second-order valence-corrected chi connectivity index (χ2v) is 18.6. The predicted molar refractivity (Wildman–Crippen MR) is 284 cm³/mol. The molecule has 0 bridgehead atoms. The van der Waals surface area contributed by atoms with E-state index in [-0.39, 0.29) is 31.1 Å². The molecule has 0 aromatic carbocycles. The van der Waals surface area contributed by atoms with Crippen LogP contribution in [0, 0.1) is 0 Å². The maximum atomic E-state index is 12.8. The van der Waals surface area contributed by atoms with Crippen molar-refractivity contribution in [2.45, 2.75) is 277 Å². The van der Waals surface area contributed by atoms with Crippen LogP contribution >= 0.6 is 0 Å². The maximum absolute atomic E-state index is 12.8. The lowest BCUT2D eigenvalue weighted by molar-refractivity contribution is -0.167. The van der Waals surface area contributed by atoms with Crippen molar-refractivity contribution in [2.75, 3.05) is 13.2 Å². The molecule has 380 valence electrons. The lowest BCUT2D eigenvalue weighted by Gasteiger charge is -2.18. The van der Waals surface area contributed by atoms with Gasteiger partial charge in [-0.05, 0) is 89.9 Å². The highest BCUT2D eigenvalue weighted by atomic mass is 16.6. The summed E-state index contributed by atoms with van der Waals surface area (Å²) < 4.78 is 16.8. The van der Waals surface area contributed by atoms with Crippen molar-refractivity contribution in [1.29, 1.82) is 0 Å². The summed E-state index contributed by atoms with van der Waals surface area (Å²) in [7, 11) is 0. The molecule has 0 saturated heterocycles. The molecule has 0 rings (SSSR count). The van der Waals surface area contributed by atoms with Gasteiger partial charge >= 0.3 is 17.9 Å². The van der Waals surface area contributed by atoms with E-state index in [9.17, 15) is 14.4 Å². The van der Waals surface area contributed by atoms with Crippen molar-refractivity contribution in [3.63, 3.8) is 0 Å². The molecule has 0 aliphatic carbocycles. The van der Waals surface area contributed by atoms with E-state index in [0.29, 0.717) is 19.3 Å². The summed E-state index contributed by atoms with van der Waals surface area (Å²) in [5.41, 5.74) is 0. The second kappa shape index (κ2) is 54.5. The summed E-state index contributed by atoms with van der Waals surface area (Å²) in [6, 6.07) is 0. The molecule has 0 aliphatic heterocycles. The smallest absolute Gasteiger partial charge is 0.306 e. The van der Waals surface area contributed by atoms with Gasteiger partial charge < -0.3 is 14.2 Å². The molecule has 0 radical (unpaired) electrons. The van der Waals surface area contributed by atoms with Gasteiger partial charge in [0, 0.05) is 19.3 Å². The first kappa shape index (κ1) is 62.8. The quantitative estimate of drug-likeness (QED) is 0.0199. The van der Waals surface area contributed by atoms with Crippen LogP contribution in [0.1, 0.15) is 271 Å². The second-order valence-electron chi connectivity index (χ2n) is 18.6. The highest BCUT2D eigenvalue weighted by molar-refractivity contribution is 5.71. The topological polar surface area (TPSA) is 78.9 Å². The van der Waals surface area contributed by atoms with Gasteiger partial charge in [-0.25, -0.2) is 0 Å². The predicted octanol–water partition coefficient (Wildman–Crippen LogP) is 18.6. The van der Waals surface area contributed by atoms with Gasteiger partial charge in [0.05, 0.1) is 0 Å². The van der Waals surface area contributed by atoms with Crippen molar-refractivity contribution >= 4 is 17.9 Å². The van der Waals surface area contributed by atoms with E-state index in [1.54, 1.807) is 0 Å². The summed E-state index contributed by atoms with van der Waals surface area (Å²) in [4.78, 5) is 38.0. The summed E-state index contributed by atoms with van der Waals surface area (Å²) >= 11 is 0.